The number of carbonyl (C=O) groups is 2. The van der Waals surface area contributed by atoms with Gasteiger partial charge < -0.3 is 0 Å². The van der Waals surface area contributed by atoms with Gasteiger partial charge in [0.15, 0.2) is 0 Å². The van der Waals surface area contributed by atoms with Crippen molar-refractivity contribution in [2.45, 2.75) is 18.1 Å². The summed E-state index contributed by atoms with van der Waals surface area (Å²) < 4.78 is 0. The second-order valence-electron chi connectivity index (χ2n) is 2.66. The van der Waals surface area contributed by atoms with E-state index >= 15 is 0 Å². The van der Waals surface area contributed by atoms with Crippen LogP contribution in [0.5, 0.6) is 0 Å². The zero-order valence-corrected chi connectivity index (χ0v) is 7.42. The van der Waals surface area contributed by atoms with E-state index in [9.17, 15) is 14.7 Å². The Kier molecular flexibility index (Phi) is 3.11. The van der Waals surface area contributed by atoms with Crippen molar-refractivity contribution >= 4 is 24.4 Å². The average molecular weight is 188 g/mol. The molecular formula is C7H10NO3S. The topological polar surface area (TPSA) is 57.3 Å². The van der Waals surface area contributed by atoms with Crippen molar-refractivity contribution in [1.82, 2.24) is 4.90 Å². The number of carbonyl (C=O) groups excluding carboxylic acids is 2. The first-order valence-corrected chi connectivity index (χ1v) is 4.29. The predicted octanol–water partition coefficient (Wildman–Crippen LogP) is -0.136. The van der Waals surface area contributed by atoms with Crippen molar-refractivity contribution in [1.29, 1.82) is 0 Å². The van der Waals surface area contributed by atoms with E-state index in [1.807, 2.05) is 0 Å². The van der Waals surface area contributed by atoms with Gasteiger partial charge in [0.2, 0.25) is 11.8 Å². The molecule has 12 heavy (non-hydrogen) atoms. The smallest absolute Gasteiger partial charge is 0.242 e. The third kappa shape index (κ3) is 1.78. The molecule has 1 heterocycles. The molecule has 0 N–H and O–H groups in total. The van der Waals surface area contributed by atoms with Crippen LogP contribution in [0.4, 0.5) is 0 Å². The zero-order chi connectivity index (χ0) is 9.14. The highest BCUT2D eigenvalue weighted by molar-refractivity contribution is 7.81. The largest absolute Gasteiger partial charge is 0.282 e. The number of nitrogens with zero attached hydrogens (tertiary/aromatic N) is 1. The summed E-state index contributed by atoms with van der Waals surface area (Å²) in [5, 5.41) is 9.62. The highest BCUT2D eigenvalue weighted by Crippen LogP contribution is 2.17. The summed E-state index contributed by atoms with van der Waals surface area (Å²) >= 11 is 3.94. The predicted molar refractivity (Wildman–Crippen MR) is 44.3 cm³/mol. The van der Waals surface area contributed by atoms with Gasteiger partial charge in [-0.15, -0.1) is 0 Å². The molecule has 0 aromatic carbocycles. The number of likely N-dealkylation sites (tertiary alicyclic amines) is 1. The highest BCUT2D eigenvalue weighted by Gasteiger charge is 2.35. The lowest BCUT2D eigenvalue weighted by Gasteiger charge is -2.11. The van der Waals surface area contributed by atoms with Gasteiger partial charge in [0, 0.05) is 13.0 Å². The summed E-state index contributed by atoms with van der Waals surface area (Å²) in [7, 11) is 0. The lowest BCUT2D eigenvalue weighted by molar-refractivity contribution is -0.138. The molecule has 1 atom stereocenters. The maximum absolute atomic E-state index is 11.1. The van der Waals surface area contributed by atoms with Gasteiger partial charge in [-0.25, -0.2) is 5.11 Å². The molecule has 0 bridgehead atoms. The maximum atomic E-state index is 11.1. The van der Waals surface area contributed by atoms with Gasteiger partial charge in [-0.2, -0.15) is 12.6 Å². The minimum Gasteiger partial charge on any atom is -0.282 e. The van der Waals surface area contributed by atoms with Crippen molar-refractivity contribution in [3.63, 3.8) is 0 Å². The first-order chi connectivity index (χ1) is 5.66. The van der Waals surface area contributed by atoms with Gasteiger partial charge in [-0.1, -0.05) is 0 Å². The van der Waals surface area contributed by atoms with Crippen molar-refractivity contribution in [3.05, 3.63) is 0 Å². The molecule has 1 rings (SSSR count). The van der Waals surface area contributed by atoms with Crippen LogP contribution in [0.25, 0.3) is 0 Å². The molecule has 0 aliphatic carbocycles. The molecule has 0 unspecified atom stereocenters. The molecule has 0 spiro atoms. The van der Waals surface area contributed by atoms with E-state index in [0.717, 1.165) is 4.90 Å². The number of thiol groups is 1. The van der Waals surface area contributed by atoms with Crippen LogP contribution in [0.3, 0.4) is 0 Å². The Morgan fingerprint density at radius 1 is 1.50 bits per heavy atom. The number of hydrogen-bond acceptors (Lipinski definition) is 3. The molecule has 4 nitrogen and oxygen atoms in total. The summed E-state index contributed by atoms with van der Waals surface area (Å²) in [4.78, 5) is 23.3. The van der Waals surface area contributed by atoms with Gasteiger partial charge in [0.05, 0.1) is 11.9 Å². The molecule has 1 aliphatic heterocycles. The Balaban J connectivity index is 2.52. The molecule has 1 aliphatic rings. The molecule has 1 saturated heterocycles. The molecule has 0 aromatic heterocycles. The van der Waals surface area contributed by atoms with Crippen LogP contribution >= 0.6 is 12.6 Å². The van der Waals surface area contributed by atoms with E-state index in [1.165, 1.54) is 0 Å². The van der Waals surface area contributed by atoms with Crippen LogP contribution in [0.2, 0.25) is 0 Å². The van der Waals surface area contributed by atoms with E-state index < -0.39 is 5.25 Å². The number of imide groups is 1. The van der Waals surface area contributed by atoms with Crippen molar-refractivity contribution in [2.24, 2.45) is 0 Å². The van der Waals surface area contributed by atoms with Crippen LogP contribution in [0, 0.1) is 0 Å². The zero-order valence-electron chi connectivity index (χ0n) is 6.52. The molecule has 2 amide bonds. The fraction of sp³-hybridized carbons (Fsp3) is 0.714. The van der Waals surface area contributed by atoms with Crippen LogP contribution in [0.1, 0.15) is 12.8 Å². The lowest BCUT2D eigenvalue weighted by atomic mass is 10.4. The van der Waals surface area contributed by atoms with Gasteiger partial charge in [0.25, 0.3) is 0 Å². The fourth-order valence-electron chi connectivity index (χ4n) is 1.12. The van der Waals surface area contributed by atoms with Gasteiger partial charge >= 0.3 is 0 Å². The standard InChI is InChI=1S/C7H10NO3S/c9-3-1-2-8-6(10)4-5(12)7(8)11/h5,12H,1-4H2/t5-/m0/s1. The summed E-state index contributed by atoms with van der Waals surface area (Å²) in [5.74, 6) is -0.481. The Morgan fingerprint density at radius 2 is 2.17 bits per heavy atom. The van der Waals surface area contributed by atoms with Crippen molar-refractivity contribution < 1.29 is 14.7 Å². The third-order valence-corrected chi connectivity index (χ3v) is 2.15. The maximum Gasteiger partial charge on any atom is 0.242 e. The van der Waals surface area contributed by atoms with E-state index in [4.69, 9.17) is 0 Å². The van der Waals surface area contributed by atoms with E-state index in [0.29, 0.717) is 6.42 Å². The summed E-state index contributed by atoms with van der Waals surface area (Å²) in [6.07, 6.45) is 0.499. The number of hydrogen-bond donors (Lipinski definition) is 1. The van der Waals surface area contributed by atoms with Crippen LogP contribution in [-0.4, -0.2) is 35.1 Å². The van der Waals surface area contributed by atoms with Crippen LogP contribution in [-0.2, 0) is 14.7 Å². The molecule has 1 radical (unpaired) electrons. The second-order valence-corrected chi connectivity index (χ2v) is 3.28. The van der Waals surface area contributed by atoms with Crippen LogP contribution in [0.15, 0.2) is 0 Å². The van der Waals surface area contributed by atoms with E-state index in [2.05, 4.69) is 12.6 Å². The van der Waals surface area contributed by atoms with Gasteiger partial charge in [0.1, 0.15) is 0 Å². The highest BCUT2D eigenvalue weighted by atomic mass is 32.1. The van der Waals surface area contributed by atoms with Gasteiger partial charge in [-0.05, 0) is 6.42 Å². The Bertz CT molecular complexity index is 207. The third-order valence-electron chi connectivity index (χ3n) is 1.75. The number of rotatable bonds is 3. The molecule has 5 heteroatoms. The summed E-state index contributed by atoms with van der Waals surface area (Å²) in [6.45, 7) is -0.00742. The first-order valence-electron chi connectivity index (χ1n) is 3.77. The molecular weight excluding hydrogens is 178 g/mol. The Hall–Kier alpha value is -0.550. The SMILES string of the molecule is [O]CCCN1C(=O)C[C@H](S)C1=O. The second kappa shape index (κ2) is 3.91. The molecule has 0 saturated carbocycles. The van der Waals surface area contributed by atoms with E-state index in [-0.39, 0.29) is 31.4 Å². The van der Waals surface area contributed by atoms with Crippen molar-refractivity contribution in [3.8, 4) is 0 Å². The molecule has 0 aromatic rings. The normalized spacial score (nSPS) is 23.8. The van der Waals surface area contributed by atoms with Crippen LogP contribution < -0.4 is 0 Å². The minimum atomic E-state index is -0.496. The molecule has 1 fully saturated rings. The van der Waals surface area contributed by atoms with E-state index in [1.54, 1.807) is 0 Å². The quantitative estimate of drug-likeness (QED) is 0.495. The summed E-state index contributed by atoms with van der Waals surface area (Å²) in [6, 6.07) is 0. The van der Waals surface area contributed by atoms with Crippen molar-refractivity contribution in [2.75, 3.05) is 13.2 Å². The molecule has 67 valence electrons. The lowest BCUT2D eigenvalue weighted by Crippen LogP contribution is -2.32. The Labute approximate surface area is 76.0 Å². The number of amides is 2. The monoisotopic (exact) mass is 188 g/mol. The first kappa shape index (κ1) is 9.54. The Morgan fingerprint density at radius 3 is 2.58 bits per heavy atom. The van der Waals surface area contributed by atoms with Gasteiger partial charge in [-0.3, -0.25) is 14.5 Å². The summed E-state index contributed by atoms with van der Waals surface area (Å²) in [5.41, 5.74) is 0. The minimum absolute atomic E-state index is 0.167. The fourth-order valence-corrected chi connectivity index (χ4v) is 1.42. The average Bonchev–Trinajstić information content (AvgIpc) is 2.25.